The summed E-state index contributed by atoms with van der Waals surface area (Å²) in [5, 5.41) is 0. The molecule has 0 saturated carbocycles. The van der Waals surface area contributed by atoms with Crippen LogP contribution < -0.4 is 0 Å². The fourth-order valence-electron chi connectivity index (χ4n) is 4.16. The third-order valence-corrected chi connectivity index (χ3v) is 5.26. The van der Waals surface area contributed by atoms with E-state index in [1.165, 1.54) is 5.56 Å². The van der Waals surface area contributed by atoms with Gasteiger partial charge in [0.1, 0.15) is 11.0 Å². The number of carbonyl (C=O) groups is 2. The number of carbonyl (C=O) groups excluding carboxylic acids is 2. The number of fused-ring (bicyclic) bond motifs is 1. The van der Waals surface area contributed by atoms with Gasteiger partial charge in [-0.1, -0.05) is 30.3 Å². The molecule has 6 nitrogen and oxygen atoms in total. The smallest absolute Gasteiger partial charge is 0.410 e. The summed E-state index contributed by atoms with van der Waals surface area (Å²) in [4.78, 5) is 29.4. The Kier molecular flexibility index (Phi) is 5.47. The van der Waals surface area contributed by atoms with E-state index in [0.29, 0.717) is 26.2 Å². The van der Waals surface area contributed by atoms with Crippen LogP contribution >= 0.6 is 0 Å². The van der Waals surface area contributed by atoms with Crippen LogP contribution in [0.3, 0.4) is 0 Å². The van der Waals surface area contributed by atoms with Gasteiger partial charge in [0.15, 0.2) is 0 Å². The monoisotopic (exact) mass is 374 g/mol. The number of benzene rings is 1. The fraction of sp³-hybridized carbons (Fsp3) is 0.619. The van der Waals surface area contributed by atoms with Crippen molar-refractivity contribution in [3.63, 3.8) is 0 Å². The fourth-order valence-corrected chi connectivity index (χ4v) is 4.16. The van der Waals surface area contributed by atoms with Crippen LogP contribution in [0.25, 0.3) is 0 Å². The van der Waals surface area contributed by atoms with Crippen molar-refractivity contribution in [2.24, 2.45) is 11.3 Å². The van der Waals surface area contributed by atoms with Gasteiger partial charge in [-0.2, -0.15) is 0 Å². The van der Waals surface area contributed by atoms with Crippen molar-refractivity contribution >= 4 is 12.1 Å². The first kappa shape index (κ1) is 19.7. The molecule has 0 aromatic heterocycles. The summed E-state index contributed by atoms with van der Waals surface area (Å²) in [7, 11) is 0. The zero-order valence-corrected chi connectivity index (χ0v) is 16.7. The van der Waals surface area contributed by atoms with E-state index in [1.54, 1.807) is 4.90 Å². The normalized spacial score (nSPS) is 25.3. The van der Waals surface area contributed by atoms with Gasteiger partial charge in [-0.05, 0) is 33.3 Å². The molecular formula is C21H30N2O4. The van der Waals surface area contributed by atoms with Crippen LogP contribution in [0.4, 0.5) is 4.79 Å². The van der Waals surface area contributed by atoms with E-state index in [9.17, 15) is 9.59 Å². The van der Waals surface area contributed by atoms with Crippen molar-refractivity contribution in [3.05, 3.63) is 35.9 Å². The second-order valence-corrected chi connectivity index (χ2v) is 8.59. The van der Waals surface area contributed by atoms with Crippen molar-refractivity contribution in [2.45, 2.75) is 39.8 Å². The minimum absolute atomic E-state index is 0.0628. The molecule has 2 aliphatic heterocycles. The van der Waals surface area contributed by atoms with Crippen molar-refractivity contribution < 1.29 is 19.1 Å². The van der Waals surface area contributed by atoms with Gasteiger partial charge in [-0.3, -0.25) is 9.69 Å². The third kappa shape index (κ3) is 4.26. The molecule has 0 spiro atoms. The number of hydrogen-bond acceptors (Lipinski definition) is 5. The van der Waals surface area contributed by atoms with E-state index < -0.39 is 11.0 Å². The maximum atomic E-state index is 12.9. The number of esters is 1. The van der Waals surface area contributed by atoms with Crippen molar-refractivity contribution in [1.82, 2.24) is 9.80 Å². The number of nitrogens with zero attached hydrogens (tertiary/aromatic N) is 2. The lowest BCUT2D eigenvalue weighted by Crippen LogP contribution is -2.44. The van der Waals surface area contributed by atoms with Crippen molar-refractivity contribution in [3.8, 4) is 0 Å². The topological polar surface area (TPSA) is 59.1 Å². The Morgan fingerprint density at radius 1 is 1.15 bits per heavy atom. The van der Waals surface area contributed by atoms with E-state index in [4.69, 9.17) is 9.47 Å². The molecule has 2 aliphatic rings. The predicted octanol–water partition coefficient (Wildman–Crippen LogP) is 2.92. The zero-order valence-electron chi connectivity index (χ0n) is 16.7. The third-order valence-electron chi connectivity index (χ3n) is 5.26. The molecule has 6 heteroatoms. The lowest BCUT2D eigenvalue weighted by atomic mass is 9.81. The molecule has 1 aromatic carbocycles. The lowest BCUT2D eigenvalue weighted by Gasteiger charge is -2.28. The van der Waals surface area contributed by atoms with Gasteiger partial charge in [0.2, 0.25) is 0 Å². The number of hydrogen-bond donors (Lipinski definition) is 0. The highest BCUT2D eigenvalue weighted by Crippen LogP contribution is 2.44. The number of likely N-dealkylation sites (tertiary alicyclic amines) is 2. The van der Waals surface area contributed by atoms with Crippen molar-refractivity contribution in [1.29, 1.82) is 0 Å². The molecule has 2 atom stereocenters. The second-order valence-electron chi connectivity index (χ2n) is 8.59. The van der Waals surface area contributed by atoms with Gasteiger partial charge in [-0.25, -0.2) is 4.79 Å². The molecule has 0 bridgehead atoms. The molecule has 0 N–H and O–H groups in total. The Morgan fingerprint density at radius 3 is 2.48 bits per heavy atom. The summed E-state index contributed by atoms with van der Waals surface area (Å²) in [6, 6.07) is 10.2. The van der Waals surface area contributed by atoms with E-state index in [-0.39, 0.29) is 18.0 Å². The van der Waals surface area contributed by atoms with E-state index in [1.807, 2.05) is 45.9 Å². The average Bonchev–Trinajstić information content (AvgIpc) is 3.09. The van der Waals surface area contributed by atoms with Crippen LogP contribution in [0.1, 0.15) is 33.3 Å². The standard InChI is InChI=1S/C21H30N2O4/c1-5-26-18(24)21-14-22(11-16-9-7-6-8-10-16)12-17(21)13-23(15-21)19(25)27-20(2,3)4/h6-10,17H,5,11-15H2,1-4H3/t17-,21-/m0/s1. The average molecular weight is 374 g/mol. The molecule has 1 amide bonds. The van der Waals surface area contributed by atoms with E-state index >= 15 is 0 Å². The summed E-state index contributed by atoms with van der Waals surface area (Å²) in [6.07, 6.45) is -0.352. The van der Waals surface area contributed by atoms with Gasteiger partial charge >= 0.3 is 12.1 Å². The lowest BCUT2D eigenvalue weighted by molar-refractivity contribution is -0.155. The Bertz CT molecular complexity index is 685. The van der Waals surface area contributed by atoms with Crippen LogP contribution in [0, 0.1) is 11.3 Å². The van der Waals surface area contributed by atoms with Gasteiger partial charge in [0.05, 0.1) is 6.61 Å². The Morgan fingerprint density at radius 2 is 1.85 bits per heavy atom. The van der Waals surface area contributed by atoms with E-state index in [2.05, 4.69) is 17.0 Å². The predicted molar refractivity (Wildman–Crippen MR) is 102 cm³/mol. The first-order valence-corrected chi connectivity index (χ1v) is 9.65. The second kappa shape index (κ2) is 7.50. The highest BCUT2D eigenvalue weighted by molar-refractivity contribution is 5.81. The van der Waals surface area contributed by atoms with Gasteiger partial charge in [-0.15, -0.1) is 0 Å². The number of rotatable bonds is 4. The summed E-state index contributed by atoms with van der Waals surface area (Å²) < 4.78 is 10.9. The number of ether oxygens (including phenoxy) is 2. The molecule has 27 heavy (non-hydrogen) atoms. The van der Waals surface area contributed by atoms with Crippen LogP contribution in [0.15, 0.2) is 30.3 Å². The Hall–Kier alpha value is -2.08. The maximum Gasteiger partial charge on any atom is 0.410 e. The molecule has 3 rings (SSSR count). The van der Waals surface area contributed by atoms with Crippen molar-refractivity contribution in [2.75, 3.05) is 32.8 Å². The van der Waals surface area contributed by atoms with Gasteiger partial charge < -0.3 is 14.4 Å². The van der Waals surface area contributed by atoms with Gasteiger partial charge in [0, 0.05) is 38.6 Å². The van der Waals surface area contributed by atoms with Crippen LogP contribution in [-0.4, -0.2) is 60.2 Å². The highest BCUT2D eigenvalue weighted by atomic mass is 16.6. The molecule has 2 fully saturated rings. The minimum Gasteiger partial charge on any atom is -0.465 e. The first-order chi connectivity index (χ1) is 12.7. The molecule has 0 unspecified atom stereocenters. The van der Waals surface area contributed by atoms with E-state index in [0.717, 1.165) is 13.1 Å². The van der Waals surface area contributed by atoms with Crippen LogP contribution in [0.2, 0.25) is 0 Å². The largest absolute Gasteiger partial charge is 0.465 e. The number of amides is 1. The summed E-state index contributed by atoms with van der Waals surface area (Å²) in [5.41, 5.74) is 0.00730. The van der Waals surface area contributed by atoms with Crippen LogP contribution in [0.5, 0.6) is 0 Å². The highest BCUT2D eigenvalue weighted by Gasteiger charge is 2.59. The Labute approximate surface area is 161 Å². The first-order valence-electron chi connectivity index (χ1n) is 9.65. The quantitative estimate of drug-likeness (QED) is 0.759. The molecule has 1 aromatic rings. The molecule has 0 aliphatic carbocycles. The summed E-state index contributed by atoms with van der Waals surface area (Å²) >= 11 is 0. The van der Waals surface area contributed by atoms with Gasteiger partial charge in [0.25, 0.3) is 0 Å². The minimum atomic E-state index is -0.665. The zero-order chi connectivity index (χ0) is 19.7. The van der Waals surface area contributed by atoms with Crippen LogP contribution in [-0.2, 0) is 20.8 Å². The summed E-state index contributed by atoms with van der Waals surface area (Å²) in [6.45, 7) is 10.8. The molecular weight excluding hydrogens is 344 g/mol. The SMILES string of the molecule is CCOC(=O)[C@]12CN(Cc3ccccc3)C[C@H]1CN(C(=O)OC(C)(C)C)C2. The molecule has 2 saturated heterocycles. The molecule has 2 heterocycles. The summed E-state index contributed by atoms with van der Waals surface area (Å²) in [5.74, 6) is -0.135. The molecule has 0 radical (unpaired) electrons. The maximum absolute atomic E-state index is 12.9. The molecule has 148 valence electrons. The Balaban J connectivity index is 1.74.